The van der Waals surface area contributed by atoms with Crippen LogP contribution in [0, 0.1) is 20.2 Å². The Kier molecular flexibility index (Phi) is 4.45. The predicted octanol–water partition coefficient (Wildman–Crippen LogP) is 3.45. The lowest BCUT2D eigenvalue weighted by Crippen LogP contribution is -2.02. The summed E-state index contributed by atoms with van der Waals surface area (Å²) in [7, 11) is 3.79. The Hall–Kier alpha value is -3.82. The maximum absolute atomic E-state index is 11.0. The molecule has 0 saturated heterocycles. The van der Waals surface area contributed by atoms with E-state index in [1.165, 1.54) is 24.3 Å². The zero-order valence-corrected chi connectivity index (χ0v) is 15.9. The first-order valence-electron chi connectivity index (χ1n) is 9.04. The molecule has 0 N–H and O–H groups in total. The Morgan fingerprint density at radius 3 is 1.59 bits per heavy atom. The van der Waals surface area contributed by atoms with Crippen molar-refractivity contribution in [2.45, 2.75) is 19.3 Å². The lowest BCUT2D eigenvalue weighted by atomic mass is 10.2. The summed E-state index contributed by atoms with van der Waals surface area (Å²) in [6, 6.07) is 9.35. The van der Waals surface area contributed by atoms with Crippen LogP contribution in [0.15, 0.2) is 36.4 Å². The lowest BCUT2D eigenvalue weighted by Gasteiger charge is -2.04. The van der Waals surface area contributed by atoms with E-state index in [2.05, 4.69) is 9.97 Å². The van der Waals surface area contributed by atoms with Crippen molar-refractivity contribution in [3.05, 3.63) is 68.3 Å². The standard InChI is InChI=1S/C19H18N6O4/c1-22-16-8-6-12(24(26)27)10-14(16)20-18(22)4-3-5-19-21-15-11-13(25(28)29)7-9-17(15)23(19)2/h6-11H,3-5H2,1-2H3. The number of hydrogen-bond acceptors (Lipinski definition) is 6. The Morgan fingerprint density at radius 1 is 0.793 bits per heavy atom. The molecule has 0 aliphatic carbocycles. The predicted molar refractivity (Wildman–Crippen MR) is 107 cm³/mol. The van der Waals surface area contributed by atoms with Crippen molar-refractivity contribution in [2.24, 2.45) is 14.1 Å². The summed E-state index contributed by atoms with van der Waals surface area (Å²) in [6.45, 7) is 0. The Bertz CT molecular complexity index is 1170. The molecule has 2 aromatic carbocycles. The zero-order valence-electron chi connectivity index (χ0n) is 15.9. The van der Waals surface area contributed by atoms with Gasteiger partial charge in [0.2, 0.25) is 0 Å². The third-order valence-electron chi connectivity index (χ3n) is 5.14. The van der Waals surface area contributed by atoms with Crippen molar-refractivity contribution >= 4 is 33.4 Å². The van der Waals surface area contributed by atoms with Crippen molar-refractivity contribution in [3.63, 3.8) is 0 Å². The van der Waals surface area contributed by atoms with Crippen molar-refractivity contribution in [1.29, 1.82) is 0 Å². The van der Waals surface area contributed by atoms with Gasteiger partial charge in [0, 0.05) is 51.2 Å². The molecular formula is C19H18N6O4. The number of fused-ring (bicyclic) bond motifs is 2. The molecule has 0 fully saturated rings. The van der Waals surface area contributed by atoms with Crippen LogP contribution in [0.2, 0.25) is 0 Å². The van der Waals surface area contributed by atoms with Crippen LogP contribution in [-0.2, 0) is 26.9 Å². The fourth-order valence-corrected chi connectivity index (χ4v) is 3.56. The van der Waals surface area contributed by atoms with Gasteiger partial charge in [0.05, 0.1) is 31.9 Å². The molecule has 0 radical (unpaired) electrons. The molecule has 0 aliphatic rings. The number of benzene rings is 2. The van der Waals surface area contributed by atoms with E-state index in [9.17, 15) is 20.2 Å². The van der Waals surface area contributed by atoms with Crippen LogP contribution < -0.4 is 0 Å². The summed E-state index contributed by atoms with van der Waals surface area (Å²) >= 11 is 0. The number of nitro benzene ring substituents is 2. The molecule has 0 saturated carbocycles. The Balaban J connectivity index is 1.53. The molecule has 2 heterocycles. The van der Waals surface area contributed by atoms with Crippen molar-refractivity contribution in [1.82, 2.24) is 19.1 Å². The molecule has 0 spiro atoms. The van der Waals surface area contributed by atoms with Gasteiger partial charge in [0.25, 0.3) is 11.4 Å². The van der Waals surface area contributed by atoms with Crippen LogP contribution in [0.5, 0.6) is 0 Å². The quantitative estimate of drug-likeness (QED) is 0.365. The largest absolute Gasteiger partial charge is 0.331 e. The fraction of sp³-hybridized carbons (Fsp3) is 0.263. The molecular weight excluding hydrogens is 376 g/mol. The summed E-state index contributed by atoms with van der Waals surface area (Å²) in [5, 5.41) is 21.9. The van der Waals surface area contributed by atoms with Crippen LogP contribution in [0.1, 0.15) is 18.1 Å². The van der Waals surface area contributed by atoms with E-state index in [0.29, 0.717) is 23.9 Å². The highest BCUT2D eigenvalue weighted by Crippen LogP contribution is 2.23. The average Bonchev–Trinajstić information content (AvgIpc) is 3.18. The third kappa shape index (κ3) is 3.28. The van der Waals surface area contributed by atoms with Crippen molar-refractivity contribution in [3.8, 4) is 0 Å². The van der Waals surface area contributed by atoms with Crippen LogP contribution in [-0.4, -0.2) is 28.9 Å². The number of nitrogens with zero attached hydrogens (tertiary/aromatic N) is 6. The van der Waals surface area contributed by atoms with Crippen LogP contribution in [0.25, 0.3) is 22.1 Å². The topological polar surface area (TPSA) is 122 Å². The normalized spacial score (nSPS) is 11.4. The molecule has 0 bridgehead atoms. The van der Waals surface area contributed by atoms with Gasteiger partial charge in [-0.05, 0) is 18.6 Å². The van der Waals surface area contributed by atoms with Crippen molar-refractivity contribution in [2.75, 3.05) is 0 Å². The number of nitro groups is 2. The minimum atomic E-state index is -0.427. The first-order valence-corrected chi connectivity index (χ1v) is 9.04. The van der Waals surface area contributed by atoms with E-state index in [-0.39, 0.29) is 11.4 Å². The fourth-order valence-electron chi connectivity index (χ4n) is 3.56. The van der Waals surface area contributed by atoms with Gasteiger partial charge in [-0.25, -0.2) is 9.97 Å². The highest BCUT2D eigenvalue weighted by molar-refractivity contribution is 5.79. The second kappa shape index (κ2) is 6.97. The molecule has 0 amide bonds. The summed E-state index contributed by atoms with van der Waals surface area (Å²) in [5.74, 6) is 1.68. The van der Waals surface area contributed by atoms with Gasteiger partial charge in [-0.1, -0.05) is 0 Å². The lowest BCUT2D eigenvalue weighted by molar-refractivity contribution is -0.384. The van der Waals surface area contributed by atoms with Crippen LogP contribution in [0.4, 0.5) is 11.4 Å². The van der Waals surface area contributed by atoms with E-state index < -0.39 is 9.85 Å². The maximum atomic E-state index is 11.0. The van der Waals surface area contributed by atoms with Crippen molar-refractivity contribution < 1.29 is 9.85 Å². The van der Waals surface area contributed by atoms with E-state index in [4.69, 9.17) is 0 Å². The molecule has 29 heavy (non-hydrogen) atoms. The van der Waals surface area contributed by atoms with Gasteiger partial charge < -0.3 is 9.13 Å². The zero-order chi connectivity index (χ0) is 20.7. The minimum Gasteiger partial charge on any atom is -0.331 e. The summed E-state index contributed by atoms with van der Waals surface area (Å²) < 4.78 is 3.88. The molecule has 10 heteroatoms. The maximum Gasteiger partial charge on any atom is 0.271 e. The molecule has 0 aliphatic heterocycles. The van der Waals surface area contributed by atoms with E-state index >= 15 is 0 Å². The highest BCUT2D eigenvalue weighted by Gasteiger charge is 2.15. The monoisotopic (exact) mass is 394 g/mol. The smallest absolute Gasteiger partial charge is 0.271 e. The average molecular weight is 394 g/mol. The Labute approximate surface area is 164 Å². The second-order valence-electron chi connectivity index (χ2n) is 6.89. The number of imidazole rings is 2. The number of non-ortho nitro benzene ring substituents is 2. The number of aromatic nitrogens is 4. The van der Waals surface area contributed by atoms with Gasteiger partial charge in [-0.3, -0.25) is 20.2 Å². The first-order chi connectivity index (χ1) is 13.8. The van der Waals surface area contributed by atoms with Gasteiger partial charge >= 0.3 is 0 Å². The van der Waals surface area contributed by atoms with Gasteiger partial charge in [0.1, 0.15) is 11.6 Å². The summed E-state index contributed by atoms with van der Waals surface area (Å²) in [6.07, 6.45) is 2.14. The molecule has 0 atom stereocenters. The van der Waals surface area contributed by atoms with Crippen LogP contribution >= 0.6 is 0 Å². The van der Waals surface area contributed by atoms with E-state index in [1.54, 1.807) is 12.1 Å². The summed E-state index contributed by atoms with van der Waals surface area (Å²) in [5.41, 5.74) is 2.95. The van der Waals surface area contributed by atoms with Gasteiger partial charge in [-0.15, -0.1) is 0 Å². The molecule has 2 aromatic heterocycles. The molecule has 10 nitrogen and oxygen atoms in total. The molecule has 4 rings (SSSR count). The van der Waals surface area contributed by atoms with Gasteiger partial charge in [0.15, 0.2) is 0 Å². The summed E-state index contributed by atoms with van der Waals surface area (Å²) in [4.78, 5) is 30.1. The molecule has 0 unspecified atom stereocenters. The van der Waals surface area contributed by atoms with Crippen LogP contribution in [0.3, 0.4) is 0 Å². The number of aryl methyl sites for hydroxylation is 4. The molecule has 4 aromatic rings. The number of rotatable bonds is 6. The minimum absolute atomic E-state index is 0.0240. The highest BCUT2D eigenvalue weighted by atomic mass is 16.6. The SMILES string of the molecule is Cn1c(CCCc2nc3cc([N+](=O)[O-])ccc3n2C)nc2cc([N+](=O)[O-])ccc21. The molecule has 148 valence electrons. The van der Waals surface area contributed by atoms with E-state index in [0.717, 1.165) is 29.1 Å². The van der Waals surface area contributed by atoms with E-state index in [1.807, 2.05) is 23.2 Å². The third-order valence-corrected chi connectivity index (χ3v) is 5.14. The number of hydrogen-bond donors (Lipinski definition) is 0. The second-order valence-corrected chi connectivity index (χ2v) is 6.89. The first kappa shape index (κ1) is 18.5. The Morgan fingerprint density at radius 2 is 1.21 bits per heavy atom. The van der Waals surface area contributed by atoms with Gasteiger partial charge in [-0.2, -0.15) is 0 Å².